The number of nitrogens with zero attached hydrogens (tertiary/aromatic N) is 1. The van der Waals surface area contributed by atoms with E-state index in [2.05, 4.69) is 5.32 Å². The quantitative estimate of drug-likeness (QED) is 0.104. The fourth-order valence-corrected chi connectivity index (χ4v) is 6.18. The number of nitro groups is 1. The average molecular weight is 698 g/mol. The topological polar surface area (TPSA) is 145 Å². The van der Waals surface area contributed by atoms with Gasteiger partial charge in [-0.05, 0) is 59.0 Å². The zero-order valence-corrected chi connectivity index (χ0v) is 27.9. The van der Waals surface area contributed by atoms with E-state index in [4.69, 9.17) is 16.3 Å². The molecule has 250 valence electrons. The summed E-state index contributed by atoms with van der Waals surface area (Å²) in [6, 6.07) is 33.8. The number of carbonyl (C=O) groups excluding carboxylic acids is 2. The molecule has 5 aromatic rings. The summed E-state index contributed by atoms with van der Waals surface area (Å²) >= 11 is 5.83. The summed E-state index contributed by atoms with van der Waals surface area (Å²) in [7, 11) is -4.56. The van der Waals surface area contributed by atoms with Crippen LogP contribution >= 0.6 is 11.6 Å². The molecular formula is C37H32ClN3O7S. The van der Waals surface area contributed by atoms with Crippen molar-refractivity contribution in [1.82, 2.24) is 10.0 Å². The molecule has 5 rings (SSSR count). The molecule has 0 saturated heterocycles. The maximum atomic E-state index is 13.4. The second-order valence-corrected chi connectivity index (χ2v) is 13.4. The molecule has 0 heterocycles. The molecule has 2 amide bonds. The zero-order chi connectivity index (χ0) is 35.0. The van der Waals surface area contributed by atoms with E-state index in [1.807, 2.05) is 78.4 Å². The van der Waals surface area contributed by atoms with Crippen molar-refractivity contribution < 1.29 is 27.7 Å². The number of hydrogen-bond donors (Lipinski definition) is 2. The second kappa shape index (κ2) is 15.6. The highest BCUT2D eigenvalue weighted by Crippen LogP contribution is 2.27. The highest BCUT2D eigenvalue weighted by molar-refractivity contribution is 7.90. The molecule has 0 aliphatic heterocycles. The highest BCUT2D eigenvalue weighted by atomic mass is 35.5. The van der Waals surface area contributed by atoms with Crippen LogP contribution in [0.4, 0.5) is 5.69 Å². The van der Waals surface area contributed by atoms with Crippen molar-refractivity contribution in [2.45, 2.75) is 37.3 Å². The summed E-state index contributed by atoms with van der Waals surface area (Å²) in [5, 5.41) is 13.7. The molecule has 0 radical (unpaired) electrons. The lowest BCUT2D eigenvalue weighted by molar-refractivity contribution is -0.384. The average Bonchev–Trinajstić information content (AvgIpc) is 3.09. The number of nitro benzene ring substituents is 1. The van der Waals surface area contributed by atoms with Crippen molar-refractivity contribution >= 4 is 39.1 Å². The van der Waals surface area contributed by atoms with E-state index < -0.39 is 43.4 Å². The largest absolute Gasteiger partial charge is 0.489 e. The molecule has 0 fully saturated rings. The van der Waals surface area contributed by atoms with Crippen molar-refractivity contribution in [3.05, 3.63) is 159 Å². The number of ether oxygens (including phenoxy) is 1. The Morgan fingerprint density at radius 3 is 2.08 bits per heavy atom. The minimum Gasteiger partial charge on any atom is -0.489 e. The SMILES string of the molecule is Cc1ccc(CC(=O)N[C@@H](Cc2ccc(OCc3ccc(-c4ccccc4)cc3)cc2)C(=O)NS(=O)(=O)c2ccc(Cl)c([N+](=O)[O-])c2)cc1. The van der Waals surface area contributed by atoms with Gasteiger partial charge in [0.05, 0.1) is 16.2 Å². The zero-order valence-electron chi connectivity index (χ0n) is 26.3. The highest BCUT2D eigenvalue weighted by Gasteiger charge is 2.28. The number of hydrogen-bond acceptors (Lipinski definition) is 7. The number of amides is 2. The van der Waals surface area contributed by atoms with Crippen molar-refractivity contribution in [2.24, 2.45) is 0 Å². The molecule has 12 heteroatoms. The van der Waals surface area contributed by atoms with Crippen LogP contribution in [0.3, 0.4) is 0 Å². The van der Waals surface area contributed by atoms with E-state index in [1.54, 1.807) is 36.4 Å². The maximum absolute atomic E-state index is 13.4. The molecule has 0 aromatic heterocycles. The first kappa shape index (κ1) is 34.8. The summed E-state index contributed by atoms with van der Waals surface area (Å²) in [4.78, 5) is 36.4. The van der Waals surface area contributed by atoms with Crippen LogP contribution in [0.25, 0.3) is 11.1 Å². The standard InChI is InChI=1S/C37H32ClN3O7S/c1-25-7-9-27(10-8-25)22-36(42)39-34(37(43)40-49(46,47)32-19-20-33(38)35(23-32)41(44)45)21-26-13-17-31(18-14-26)48-24-28-11-15-30(16-12-28)29-5-3-2-4-6-29/h2-20,23,34H,21-22,24H2,1H3,(H,39,42)(H,40,43)/t34-/m0/s1. The van der Waals surface area contributed by atoms with Crippen LogP contribution in [0.2, 0.25) is 5.02 Å². The minimum atomic E-state index is -4.56. The Kier molecular flexibility index (Phi) is 11.1. The number of sulfonamides is 1. The van der Waals surface area contributed by atoms with Crippen LogP contribution in [0.5, 0.6) is 5.75 Å². The Bertz CT molecular complexity index is 2060. The van der Waals surface area contributed by atoms with E-state index >= 15 is 0 Å². The molecule has 10 nitrogen and oxygen atoms in total. The molecule has 0 aliphatic carbocycles. The molecular weight excluding hydrogens is 666 g/mol. The van der Waals surface area contributed by atoms with Gasteiger partial charge in [0.25, 0.3) is 21.6 Å². The fourth-order valence-electron chi connectivity index (χ4n) is 4.96. The first-order valence-corrected chi connectivity index (χ1v) is 17.0. The monoisotopic (exact) mass is 697 g/mol. The van der Waals surface area contributed by atoms with Crippen LogP contribution in [0.1, 0.15) is 22.3 Å². The van der Waals surface area contributed by atoms with Gasteiger partial charge < -0.3 is 10.1 Å². The lowest BCUT2D eigenvalue weighted by Gasteiger charge is -2.19. The Morgan fingerprint density at radius 1 is 0.816 bits per heavy atom. The van der Waals surface area contributed by atoms with Gasteiger partial charge in [-0.15, -0.1) is 0 Å². The van der Waals surface area contributed by atoms with Gasteiger partial charge in [-0.1, -0.05) is 108 Å². The predicted octanol–water partition coefficient (Wildman–Crippen LogP) is 6.58. The summed E-state index contributed by atoms with van der Waals surface area (Å²) in [5.41, 5.74) is 4.91. The van der Waals surface area contributed by atoms with Crippen molar-refractivity contribution in [1.29, 1.82) is 0 Å². The number of aryl methyl sites for hydroxylation is 1. The lowest BCUT2D eigenvalue weighted by atomic mass is 10.0. The number of benzene rings is 5. The van der Waals surface area contributed by atoms with Crippen LogP contribution in [0, 0.1) is 17.0 Å². The third kappa shape index (κ3) is 9.53. The van der Waals surface area contributed by atoms with Gasteiger partial charge in [0, 0.05) is 12.5 Å². The molecule has 5 aromatic carbocycles. The van der Waals surface area contributed by atoms with E-state index in [1.165, 1.54) is 0 Å². The van der Waals surface area contributed by atoms with Gasteiger partial charge in [-0.2, -0.15) is 0 Å². The fraction of sp³-hybridized carbons (Fsp3) is 0.135. The van der Waals surface area contributed by atoms with Gasteiger partial charge >= 0.3 is 0 Å². The van der Waals surface area contributed by atoms with E-state index in [-0.39, 0.29) is 17.9 Å². The van der Waals surface area contributed by atoms with Crippen molar-refractivity contribution in [2.75, 3.05) is 0 Å². The molecule has 0 bridgehead atoms. The second-order valence-electron chi connectivity index (χ2n) is 11.3. The molecule has 1 atom stereocenters. The predicted molar refractivity (Wildman–Crippen MR) is 187 cm³/mol. The lowest BCUT2D eigenvalue weighted by Crippen LogP contribution is -2.49. The molecule has 0 unspecified atom stereocenters. The van der Waals surface area contributed by atoms with Crippen LogP contribution in [0.15, 0.2) is 126 Å². The third-order valence-electron chi connectivity index (χ3n) is 7.63. The molecule has 49 heavy (non-hydrogen) atoms. The van der Waals surface area contributed by atoms with Gasteiger partial charge in [-0.3, -0.25) is 19.7 Å². The van der Waals surface area contributed by atoms with Gasteiger partial charge in [0.1, 0.15) is 23.4 Å². The third-order valence-corrected chi connectivity index (χ3v) is 9.29. The van der Waals surface area contributed by atoms with Crippen molar-refractivity contribution in [3.63, 3.8) is 0 Å². The molecule has 0 aliphatic rings. The van der Waals surface area contributed by atoms with Crippen LogP contribution in [-0.2, 0) is 39.1 Å². The molecule has 0 spiro atoms. The summed E-state index contributed by atoms with van der Waals surface area (Å²) in [5.74, 6) is -0.942. The Balaban J connectivity index is 1.28. The number of carbonyl (C=O) groups is 2. The van der Waals surface area contributed by atoms with Gasteiger partial charge in [0.2, 0.25) is 5.91 Å². The normalized spacial score (nSPS) is 11.7. The summed E-state index contributed by atoms with van der Waals surface area (Å²) < 4.78 is 34.1. The summed E-state index contributed by atoms with van der Waals surface area (Å²) in [6.07, 6.45) is -0.0950. The van der Waals surface area contributed by atoms with Gasteiger partial charge in [0.15, 0.2) is 0 Å². The minimum absolute atomic E-state index is 0.0424. The van der Waals surface area contributed by atoms with E-state index in [0.29, 0.717) is 23.5 Å². The number of rotatable bonds is 13. The molecule has 0 saturated carbocycles. The molecule has 2 N–H and O–H groups in total. The van der Waals surface area contributed by atoms with E-state index in [0.717, 1.165) is 40.5 Å². The van der Waals surface area contributed by atoms with Crippen LogP contribution in [-0.4, -0.2) is 31.2 Å². The van der Waals surface area contributed by atoms with Crippen molar-refractivity contribution in [3.8, 4) is 16.9 Å². The first-order valence-electron chi connectivity index (χ1n) is 15.2. The first-order chi connectivity index (χ1) is 23.5. The van der Waals surface area contributed by atoms with E-state index in [9.17, 15) is 28.1 Å². The Labute approximate surface area is 288 Å². The Morgan fingerprint density at radius 2 is 1.43 bits per heavy atom. The Hall–Kier alpha value is -5.52. The summed E-state index contributed by atoms with van der Waals surface area (Å²) in [6.45, 7) is 2.24. The number of nitrogens with one attached hydrogen (secondary N) is 2. The smallest absolute Gasteiger partial charge is 0.289 e. The van der Waals surface area contributed by atoms with Gasteiger partial charge in [-0.25, -0.2) is 13.1 Å². The number of halogens is 1. The van der Waals surface area contributed by atoms with Crippen LogP contribution < -0.4 is 14.8 Å². The maximum Gasteiger partial charge on any atom is 0.289 e.